The van der Waals surface area contributed by atoms with Crippen molar-refractivity contribution in [3.63, 3.8) is 0 Å². The van der Waals surface area contributed by atoms with Crippen molar-refractivity contribution in [1.82, 2.24) is 10.6 Å². The Kier molecular flexibility index (Phi) is 9.76. The van der Waals surface area contributed by atoms with Crippen molar-refractivity contribution in [3.8, 4) is 0 Å². The van der Waals surface area contributed by atoms with Crippen LogP contribution >= 0.6 is 0 Å². The molecule has 0 saturated heterocycles. The molecular formula is C12H20N2O. The number of hydrogen-bond donors (Lipinski definition) is 2. The molecule has 84 valence electrons. The van der Waals surface area contributed by atoms with Gasteiger partial charge in [0.05, 0.1) is 0 Å². The van der Waals surface area contributed by atoms with Gasteiger partial charge >= 0.3 is 0 Å². The van der Waals surface area contributed by atoms with Gasteiger partial charge in [-0.15, -0.1) is 0 Å². The van der Waals surface area contributed by atoms with Gasteiger partial charge in [-0.1, -0.05) is 37.3 Å². The first-order chi connectivity index (χ1) is 7.35. The molecule has 0 radical (unpaired) electrons. The Morgan fingerprint density at radius 1 is 1.20 bits per heavy atom. The second-order valence-electron chi connectivity index (χ2n) is 3.01. The third-order valence-corrected chi connectivity index (χ3v) is 1.85. The van der Waals surface area contributed by atoms with E-state index in [2.05, 4.69) is 41.8 Å². The number of rotatable bonds is 5. The molecule has 1 rings (SSSR count). The van der Waals surface area contributed by atoms with Gasteiger partial charge in [-0.05, 0) is 19.0 Å². The fourth-order valence-electron chi connectivity index (χ4n) is 0.970. The van der Waals surface area contributed by atoms with Crippen molar-refractivity contribution in [2.75, 3.05) is 20.1 Å². The lowest BCUT2D eigenvalue weighted by Gasteiger charge is -1.93. The van der Waals surface area contributed by atoms with E-state index in [1.54, 1.807) is 0 Å². The predicted octanol–water partition coefficient (Wildman–Crippen LogP) is 1.20. The molecule has 3 heteroatoms. The molecule has 0 aromatic heterocycles. The van der Waals surface area contributed by atoms with E-state index in [1.807, 2.05) is 13.1 Å². The second-order valence-corrected chi connectivity index (χ2v) is 3.01. The van der Waals surface area contributed by atoms with Gasteiger partial charge in [-0.2, -0.15) is 0 Å². The Morgan fingerprint density at radius 2 is 1.87 bits per heavy atom. The van der Waals surface area contributed by atoms with E-state index < -0.39 is 0 Å². The summed E-state index contributed by atoms with van der Waals surface area (Å²) in [4.78, 5) is 9.54. The molecule has 0 bridgehead atoms. The Bertz CT molecular complexity index is 237. The zero-order chi connectivity index (χ0) is 11.4. The quantitative estimate of drug-likeness (QED) is 0.564. The molecule has 0 aliphatic heterocycles. The van der Waals surface area contributed by atoms with E-state index in [4.69, 9.17) is 0 Å². The number of aryl methyl sites for hydroxylation is 1. The molecule has 1 aromatic rings. The molecule has 0 atom stereocenters. The monoisotopic (exact) mass is 208 g/mol. The van der Waals surface area contributed by atoms with E-state index in [0.29, 0.717) is 13.0 Å². The van der Waals surface area contributed by atoms with Gasteiger partial charge in [0.2, 0.25) is 6.41 Å². The van der Waals surface area contributed by atoms with E-state index in [-0.39, 0.29) is 0 Å². The summed E-state index contributed by atoms with van der Waals surface area (Å²) < 4.78 is 0. The lowest BCUT2D eigenvalue weighted by atomic mass is 10.2. The van der Waals surface area contributed by atoms with Gasteiger partial charge in [0.1, 0.15) is 0 Å². The van der Waals surface area contributed by atoms with E-state index >= 15 is 0 Å². The van der Waals surface area contributed by atoms with Crippen molar-refractivity contribution in [1.29, 1.82) is 0 Å². The average molecular weight is 208 g/mol. The van der Waals surface area contributed by atoms with Gasteiger partial charge in [0, 0.05) is 13.1 Å². The lowest BCUT2D eigenvalue weighted by molar-refractivity contribution is -0.109. The topological polar surface area (TPSA) is 41.1 Å². The molecule has 0 heterocycles. The molecule has 0 aliphatic rings. The molecule has 1 amide bonds. The van der Waals surface area contributed by atoms with Crippen LogP contribution < -0.4 is 10.6 Å². The number of carbonyl (C=O) groups is 1. The minimum atomic E-state index is 0.692. The van der Waals surface area contributed by atoms with Gasteiger partial charge in [0.25, 0.3) is 0 Å². The van der Waals surface area contributed by atoms with Crippen LogP contribution in [0.3, 0.4) is 0 Å². The van der Waals surface area contributed by atoms with Crippen LogP contribution in [0.4, 0.5) is 0 Å². The normalized spacial score (nSPS) is 8.67. The highest BCUT2D eigenvalue weighted by Gasteiger charge is 1.80. The summed E-state index contributed by atoms with van der Waals surface area (Å²) in [6.07, 6.45) is 1.83. The van der Waals surface area contributed by atoms with E-state index in [0.717, 1.165) is 13.0 Å². The van der Waals surface area contributed by atoms with E-state index in [9.17, 15) is 4.79 Å². The van der Waals surface area contributed by atoms with Gasteiger partial charge in [-0.3, -0.25) is 4.79 Å². The summed E-state index contributed by atoms with van der Waals surface area (Å²) in [7, 11) is 1.84. The number of benzene rings is 1. The van der Waals surface area contributed by atoms with Crippen LogP contribution in [0.5, 0.6) is 0 Å². The number of likely N-dealkylation sites (N-methyl/N-ethyl adjacent to an activating group) is 1. The lowest BCUT2D eigenvalue weighted by Crippen LogP contribution is -2.23. The molecule has 2 N–H and O–H groups in total. The smallest absolute Gasteiger partial charge is 0.207 e. The molecule has 0 spiro atoms. The number of hydrogen-bond acceptors (Lipinski definition) is 2. The van der Waals surface area contributed by atoms with Crippen LogP contribution in [0, 0.1) is 0 Å². The van der Waals surface area contributed by atoms with Gasteiger partial charge in [-0.25, -0.2) is 0 Å². The highest BCUT2D eigenvalue weighted by atomic mass is 16.1. The molecule has 0 fully saturated rings. The first-order valence-electron chi connectivity index (χ1n) is 5.20. The van der Waals surface area contributed by atoms with Gasteiger partial charge in [0.15, 0.2) is 0 Å². The standard InChI is InChI=1S/C8H10.C4H10N2O/c1-2-8-6-4-3-5-7-8;1-5-2-3-6-4-7/h3-7H,2H2,1H3;4-5H,2-3H2,1H3,(H,6,7). The molecule has 0 aliphatic carbocycles. The van der Waals surface area contributed by atoms with Crippen molar-refractivity contribution in [2.45, 2.75) is 13.3 Å². The molecule has 0 saturated carbocycles. The minimum Gasteiger partial charge on any atom is -0.357 e. The summed E-state index contributed by atoms with van der Waals surface area (Å²) in [6, 6.07) is 10.5. The highest BCUT2D eigenvalue weighted by molar-refractivity contribution is 5.45. The third kappa shape index (κ3) is 8.97. The van der Waals surface area contributed by atoms with E-state index in [1.165, 1.54) is 5.56 Å². The predicted molar refractivity (Wildman–Crippen MR) is 63.8 cm³/mol. The Morgan fingerprint density at radius 3 is 2.27 bits per heavy atom. The Balaban J connectivity index is 0.000000265. The summed E-state index contributed by atoms with van der Waals surface area (Å²) >= 11 is 0. The molecule has 3 nitrogen and oxygen atoms in total. The van der Waals surface area contributed by atoms with Crippen molar-refractivity contribution in [3.05, 3.63) is 35.9 Å². The maximum absolute atomic E-state index is 9.54. The minimum absolute atomic E-state index is 0.692. The Hall–Kier alpha value is -1.35. The fourth-order valence-corrected chi connectivity index (χ4v) is 0.970. The molecule has 0 unspecified atom stereocenters. The maximum atomic E-state index is 9.54. The van der Waals surface area contributed by atoms with Crippen molar-refractivity contribution in [2.24, 2.45) is 0 Å². The van der Waals surface area contributed by atoms with Crippen LogP contribution in [0.15, 0.2) is 30.3 Å². The highest BCUT2D eigenvalue weighted by Crippen LogP contribution is 1.96. The second kappa shape index (κ2) is 10.7. The van der Waals surface area contributed by atoms with Crippen molar-refractivity contribution >= 4 is 6.41 Å². The zero-order valence-electron chi connectivity index (χ0n) is 9.49. The fraction of sp³-hybridized carbons (Fsp3) is 0.417. The summed E-state index contributed by atoms with van der Waals surface area (Å²) in [6.45, 7) is 3.70. The Labute approximate surface area is 91.9 Å². The van der Waals surface area contributed by atoms with Gasteiger partial charge < -0.3 is 10.6 Å². The zero-order valence-corrected chi connectivity index (χ0v) is 9.49. The molecule has 1 aromatic carbocycles. The average Bonchev–Trinajstić information content (AvgIpc) is 2.32. The molecular weight excluding hydrogens is 188 g/mol. The largest absolute Gasteiger partial charge is 0.357 e. The van der Waals surface area contributed by atoms with Crippen LogP contribution in [0.25, 0.3) is 0 Å². The van der Waals surface area contributed by atoms with Crippen LogP contribution in [-0.2, 0) is 11.2 Å². The number of carbonyl (C=O) groups excluding carboxylic acids is 1. The van der Waals surface area contributed by atoms with Crippen LogP contribution in [-0.4, -0.2) is 26.5 Å². The van der Waals surface area contributed by atoms with Crippen LogP contribution in [0.2, 0.25) is 0 Å². The van der Waals surface area contributed by atoms with Crippen LogP contribution in [0.1, 0.15) is 12.5 Å². The number of amides is 1. The summed E-state index contributed by atoms with van der Waals surface area (Å²) in [5, 5.41) is 5.39. The SMILES string of the molecule is CCc1ccccc1.CNCCNC=O. The third-order valence-electron chi connectivity index (χ3n) is 1.85. The van der Waals surface area contributed by atoms with Crippen molar-refractivity contribution < 1.29 is 4.79 Å². The first-order valence-corrected chi connectivity index (χ1v) is 5.20. The summed E-state index contributed by atoms with van der Waals surface area (Å²) in [5.74, 6) is 0. The summed E-state index contributed by atoms with van der Waals surface area (Å²) in [5.41, 5.74) is 1.41. The maximum Gasteiger partial charge on any atom is 0.207 e. The molecule has 15 heavy (non-hydrogen) atoms. The number of nitrogens with one attached hydrogen (secondary N) is 2. The first kappa shape index (κ1) is 13.7.